The molecule has 2 aliphatic rings. The minimum Gasteiger partial charge on any atom is -0.443 e. The van der Waals surface area contributed by atoms with Crippen molar-refractivity contribution < 1.29 is 17.6 Å². The van der Waals surface area contributed by atoms with E-state index in [2.05, 4.69) is 9.98 Å². The molecule has 1 saturated carbocycles. The average molecular weight is 328 g/mol. The Balaban J connectivity index is 1.78. The van der Waals surface area contributed by atoms with E-state index >= 15 is 0 Å². The monoisotopic (exact) mass is 328 g/mol. The number of hydrogen-bond acceptors (Lipinski definition) is 5. The lowest BCUT2D eigenvalue weighted by Gasteiger charge is -2.40. The predicted octanol–water partition coefficient (Wildman–Crippen LogP) is 3.16. The molecule has 0 amide bonds. The number of oxazole rings is 1. The minimum atomic E-state index is -4.10. The second kappa shape index (κ2) is 5.90. The van der Waals surface area contributed by atoms with Gasteiger partial charge in [0.05, 0.1) is 18.7 Å². The third kappa shape index (κ3) is 3.20. The van der Waals surface area contributed by atoms with Crippen molar-refractivity contribution in [1.29, 1.82) is 0 Å². The first-order valence-corrected chi connectivity index (χ1v) is 7.63. The van der Waals surface area contributed by atoms with Gasteiger partial charge in [0.25, 0.3) is 0 Å². The molecule has 0 unspecified atom stereocenters. The molecular formula is C15H19F3N4O. The molecule has 0 saturated heterocycles. The van der Waals surface area contributed by atoms with E-state index in [0.717, 1.165) is 5.70 Å². The molecule has 0 atom stereocenters. The lowest BCUT2D eigenvalue weighted by molar-refractivity contribution is -0.184. The van der Waals surface area contributed by atoms with Gasteiger partial charge in [0, 0.05) is 11.7 Å². The molecular weight excluding hydrogens is 309 g/mol. The fourth-order valence-electron chi connectivity index (χ4n) is 3.35. The van der Waals surface area contributed by atoms with Crippen LogP contribution in [0.3, 0.4) is 0 Å². The zero-order valence-electron chi connectivity index (χ0n) is 12.8. The van der Waals surface area contributed by atoms with Gasteiger partial charge in [0.1, 0.15) is 17.8 Å². The summed E-state index contributed by atoms with van der Waals surface area (Å²) in [6.07, 6.45) is 0.180. The zero-order valence-corrected chi connectivity index (χ0v) is 12.8. The second-order valence-electron chi connectivity index (χ2n) is 6.05. The van der Waals surface area contributed by atoms with Crippen LogP contribution in [0.4, 0.5) is 13.2 Å². The van der Waals surface area contributed by atoms with Gasteiger partial charge >= 0.3 is 6.18 Å². The number of allylic oxidation sites excluding steroid dienone is 1. The van der Waals surface area contributed by atoms with E-state index in [-0.39, 0.29) is 18.9 Å². The highest BCUT2D eigenvalue weighted by molar-refractivity contribution is 5.90. The molecule has 1 fully saturated rings. The van der Waals surface area contributed by atoms with Crippen molar-refractivity contribution in [3.8, 4) is 0 Å². The largest absolute Gasteiger partial charge is 0.443 e. The van der Waals surface area contributed by atoms with Crippen molar-refractivity contribution in [3.63, 3.8) is 0 Å². The van der Waals surface area contributed by atoms with E-state index in [9.17, 15) is 13.2 Å². The van der Waals surface area contributed by atoms with Crippen LogP contribution in [-0.2, 0) is 0 Å². The second-order valence-corrected chi connectivity index (χ2v) is 6.05. The number of rotatable bonds is 2. The van der Waals surface area contributed by atoms with E-state index < -0.39 is 12.1 Å². The lowest BCUT2D eigenvalue weighted by atomic mass is 9.84. The van der Waals surface area contributed by atoms with Gasteiger partial charge in [-0.1, -0.05) is 0 Å². The normalized spacial score (nSPS) is 26.4. The number of alkyl halides is 3. The molecule has 0 aromatic carbocycles. The Morgan fingerprint density at radius 1 is 1.26 bits per heavy atom. The van der Waals surface area contributed by atoms with Crippen LogP contribution in [0, 0.1) is 5.92 Å². The fourth-order valence-corrected chi connectivity index (χ4v) is 3.35. The van der Waals surface area contributed by atoms with Gasteiger partial charge in [0.15, 0.2) is 0 Å². The molecule has 0 radical (unpaired) electrons. The molecule has 0 spiro atoms. The molecule has 8 heteroatoms. The Bertz CT molecular complexity index is 613. The number of nitrogens with zero attached hydrogens (tertiary/aromatic N) is 3. The summed E-state index contributed by atoms with van der Waals surface area (Å²) < 4.78 is 43.7. The highest BCUT2D eigenvalue weighted by Crippen LogP contribution is 2.40. The fraction of sp³-hybridized carbons (Fsp3) is 0.600. The molecule has 2 N–H and O–H groups in total. The molecule has 0 bridgehead atoms. The van der Waals surface area contributed by atoms with E-state index in [1.165, 1.54) is 12.5 Å². The number of nitrogens with two attached hydrogens (primary N) is 1. The molecule has 2 heterocycles. The maximum atomic E-state index is 12.8. The topological polar surface area (TPSA) is 67.6 Å². The van der Waals surface area contributed by atoms with Crippen LogP contribution >= 0.6 is 0 Å². The third-order valence-electron chi connectivity index (χ3n) is 4.60. The van der Waals surface area contributed by atoms with Crippen molar-refractivity contribution in [2.75, 3.05) is 6.54 Å². The zero-order chi connectivity index (χ0) is 16.6. The highest BCUT2D eigenvalue weighted by Gasteiger charge is 2.42. The average Bonchev–Trinajstić information content (AvgIpc) is 3.02. The standard InChI is InChI=1S/C15H19F3N4O/c1-9-13(14-20-6-7-23-14)21-12(19)8-22(9)11-4-2-10(3-5-11)15(16,17)18/h6-7,10-11H,2-5,8H2,1H3,(H2,19,21). The van der Waals surface area contributed by atoms with Gasteiger partial charge in [-0.05, 0) is 32.6 Å². The van der Waals surface area contributed by atoms with Crippen molar-refractivity contribution in [3.05, 3.63) is 24.0 Å². The van der Waals surface area contributed by atoms with Gasteiger partial charge in [-0.3, -0.25) is 0 Å². The predicted molar refractivity (Wildman–Crippen MR) is 79.2 cm³/mol. The van der Waals surface area contributed by atoms with Gasteiger partial charge < -0.3 is 15.1 Å². The Kier molecular flexibility index (Phi) is 4.08. The van der Waals surface area contributed by atoms with Crippen LogP contribution in [0.15, 0.2) is 27.6 Å². The van der Waals surface area contributed by atoms with Crippen molar-refractivity contribution in [2.24, 2.45) is 16.6 Å². The van der Waals surface area contributed by atoms with Gasteiger partial charge in [-0.15, -0.1) is 0 Å². The van der Waals surface area contributed by atoms with Gasteiger partial charge in [0.2, 0.25) is 5.89 Å². The summed E-state index contributed by atoms with van der Waals surface area (Å²) in [5.74, 6) is -0.397. The van der Waals surface area contributed by atoms with E-state index in [0.29, 0.717) is 36.8 Å². The Morgan fingerprint density at radius 3 is 2.52 bits per heavy atom. The number of amidine groups is 1. The summed E-state index contributed by atoms with van der Waals surface area (Å²) in [4.78, 5) is 10.4. The molecule has 23 heavy (non-hydrogen) atoms. The van der Waals surface area contributed by atoms with Crippen molar-refractivity contribution in [1.82, 2.24) is 9.88 Å². The summed E-state index contributed by atoms with van der Waals surface area (Å²) in [7, 11) is 0. The molecule has 1 aliphatic carbocycles. The first-order chi connectivity index (χ1) is 10.9. The number of aliphatic imine (C=N–C) groups is 1. The molecule has 126 valence electrons. The Hall–Kier alpha value is -1.99. The summed E-state index contributed by atoms with van der Waals surface area (Å²) in [5.41, 5.74) is 7.31. The van der Waals surface area contributed by atoms with E-state index in [1.807, 2.05) is 11.8 Å². The van der Waals surface area contributed by atoms with Crippen LogP contribution in [0.5, 0.6) is 0 Å². The van der Waals surface area contributed by atoms with E-state index in [1.54, 1.807) is 0 Å². The number of hydrogen-bond donors (Lipinski definition) is 1. The van der Waals surface area contributed by atoms with Crippen molar-refractivity contribution >= 4 is 11.5 Å². The summed E-state index contributed by atoms with van der Waals surface area (Å²) in [6, 6.07) is 0.0348. The van der Waals surface area contributed by atoms with Crippen LogP contribution in [0.2, 0.25) is 0 Å². The van der Waals surface area contributed by atoms with Gasteiger partial charge in [-0.2, -0.15) is 13.2 Å². The third-order valence-corrected chi connectivity index (χ3v) is 4.60. The van der Waals surface area contributed by atoms with Crippen LogP contribution in [-0.4, -0.2) is 34.5 Å². The smallest absolute Gasteiger partial charge is 0.391 e. The lowest BCUT2D eigenvalue weighted by Crippen LogP contribution is -2.45. The quantitative estimate of drug-likeness (QED) is 0.905. The summed E-state index contributed by atoms with van der Waals surface area (Å²) >= 11 is 0. The van der Waals surface area contributed by atoms with Crippen LogP contribution in [0.25, 0.3) is 5.70 Å². The molecule has 5 nitrogen and oxygen atoms in total. The summed E-state index contributed by atoms with van der Waals surface area (Å²) in [6.45, 7) is 2.31. The Labute approximate surface area is 132 Å². The maximum absolute atomic E-state index is 12.8. The molecule has 1 aliphatic heterocycles. The first kappa shape index (κ1) is 15.9. The number of aromatic nitrogens is 1. The van der Waals surface area contributed by atoms with Crippen LogP contribution in [0.1, 0.15) is 38.5 Å². The van der Waals surface area contributed by atoms with E-state index in [4.69, 9.17) is 10.2 Å². The number of halogens is 3. The Morgan fingerprint density at radius 2 is 1.96 bits per heavy atom. The maximum Gasteiger partial charge on any atom is 0.391 e. The first-order valence-electron chi connectivity index (χ1n) is 7.63. The highest BCUT2D eigenvalue weighted by atomic mass is 19.4. The van der Waals surface area contributed by atoms with Crippen LogP contribution < -0.4 is 5.73 Å². The molecule has 1 aromatic heterocycles. The minimum absolute atomic E-state index is 0.0348. The van der Waals surface area contributed by atoms with Crippen molar-refractivity contribution in [2.45, 2.75) is 44.8 Å². The SMILES string of the molecule is CC1=C(c2ncco2)N=C(N)CN1C1CCC(C(F)(F)F)CC1. The molecule has 1 aromatic rings. The molecule has 3 rings (SSSR count). The summed E-state index contributed by atoms with van der Waals surface area (Å²) in [5, 5.41) is 0. The van der Waals surface area contributed by atoms with Gasteiger partial charge in [-0.25, -0.2) is 9.98 Å².